The molecular formula is C25H28F3NO4. The van der Waals surface area contributed by atoms with Gasteiger partial charge in [-0.1, -0.05) is 6.07 Å². The van der Waals surface area contributed by atoms with Crippen molar-refractivity contribution in [3.05, 3.63) is 41.1 Å². The van der Waals surface area contributed by atoms with Crippen LogP contribution in [0.1, 0.15) is 73.5 Å². The van der Waals surface area contributed by atoms with Gasteiger partial charge in [0, 0.05) is 5.39 Å². The van der Waals surface area contributed by atoms with Crippen LogP contribution in [0.2, 0.25) is 0 Å². The Morgan fingerprint density at radius 3 is 2.30 bits per heavy atom. The number of carbonyl (C=O) groups excluding carboxylic acids is 2. The number of pyridine rings is 1. The van der Waals surface area contributed by atoms with Gasteiger partial charge in [0.2, 0.25) is 0 Å². The third-order valence-electron chi connectivity index (χ3n) is 7.63. The lowest BCUT2D eigenvalue weighted by atomic mass is 9.52. The van der Waals surface area contributed by atoms with E-state index >= 15 is 0 Å². The van der Waals surface area contributed by atoms with Crippen LogP contribution >= 0.6 is 0 Å². The number of nitrogens with zero attached hydrogens (tertiary/aromatic N) is 1. The number of fused-ring (bicyclic) bond motifs is 4. The molecule has 0 saturated heterocycles. The molecule has 3 aliphatic carbocycles. The second-order valence-corrected chi connectivity index (χ2v) is 9.40. The fraction of sp³-hybridized carbons (Fsp3) is 0.560. The number of alkyl halides is 3. The molecule has 5 rings (SSSR count). The summed E-state index contributed by atoms with van der Waals surface area (Å²) < 4.78 is 51.2. The number of rotatable bonds is 6. The molecule has 0 atom stereocenters. The number of carbonyl (C=O) groups is 2. The van der Waals surface area contributed by atoms with E-state index < -0.39 is 17.7 Å². The van der Waals surface area contributed by atoms with Crippen LogP contribution in [0, 0.1) is 10.8 Å². The molecule has 0 radical (unpaired) electrons. The van der Waals surface area contributed by atoms with E-state index in [1.807, 2.05) is 0 Å². The molecule has 0 aliphatic heterocycles. The zero-order chi connectivity index (χ0) is 23.9. The summed E-state index contributed by atoms with van der Waals surface area (Å²) in [6, 6.07) is 5.65. The molecule has 2 aromatic rings. The number of halogens is 3. The minimum Gasteiger partial charge on any atom is -0.469 e. The average molecular weight is 463 g/mol. The summed E-state index contributed by atoms with van der Waals surface area (Å²) in [4.78, 5) is 28.3. The van der Waals surface area contributed by atoms with E-state index in [9.17, 15) is 22.8 Å². The highest BCUT2D eigenvalue weighted by molar-refractivity contribution is 5.93. The van der Waals surface area contributed by atoms with Crippen LogP contribution in [0.3, 0.4) is 0 Å². The number of hydrogen-bond acceptors (Lipinski definition) is 5. The molecule has 178 valence electrons. The first-order chi connectivity index (χ1) is 15.6. The number of methoxy groups -OCH3 is 1. The van der Waals surface area contributed by atoms with E-state index in [0.29, 0.717) is 6.42 Å². The first-order valence-electron chi connectivity index (χ1n) is 11.4. The SMILES string of the molecule is CCOC(=O)c1cc(C(F)(F)F)c2cc(CCC34CCC(C(=O)OC)(CC3)CC4)ccc2n1. The van der Waals surface area contributed by atoms with Gasteiger partial charge in [-0.05, 0) is 87.5 Å². The van der Waals surface area contributed by atoms with Crippen molar-refractivity contribution in [1.29, 1.82) is 0 Å². The van der Waals surface area contributed by atoms with E-state index in [2.05, 4.69) is 4.98 Å². The first-order valence-corrected chi connectivity index (χ1v) is 11.4. The van der Waals surface area contributed by atoms with E-state index in [4.69, 9.17) is 9.47 Å². The number of aromatic nitrogens is 1. The second-order valence-electron chi connectivity index (χ2n) is 9.40. The van der Waals surface area contributed by atoms with Crippen LogP contribution in [0.25, 0.3) is 10.9 Å². The van der Waals surface area contributed by atoms with Gasteiger partial charge in [0.25, 0.3) is 0 Å². The molecule has 3 saturated carbocycles. The molecule has 1 aromatic heterocycles. The predicted molar refractivity (Wildman–Crippen MR) is 116 cm³/mol. The Hall–Kier alpha value is -2.64. The molecule has 5 nitrogen and oxygen atoms in total. The largest absolute Gasteiger partial charge is 0.469 e. The van der Waals surface area contributed by atoms with Crippen molar-refractivity contribution in [3.8, 4) is 0 Å². The summed E-state index contributed by atoms with van der Waals surface area (Å²) in [5, 5.41) is -0.0115. The summed E-state index contributed by atoms with van der Waals surface area (Å²) in [6.07, 6.45) is 2.16. The lowest BCUT2D eigenvalue weighted by Crippen LogP contribution is -2.46. The summed E-state index contributed by atoms with van der Waals surface area (Å²) in [5.74, 6) is -0.981. The van der Waals surface area contributed by atoms with E-state index in [-0.39, 0.29) is 40.0 Å². The monoisotopic (exact) mass is 463 g/mol. The van der Waals surface area contributed by atoms with Crippen molar-refractivity contribution in [1.82, 2.24) is 4.98 Å². The summed E-state index contributed by atoms with van der Waals surface area (Å²) >= 11 is 0. The molecule has 3 aliphatic rings. The Labute approximate surface area is 190 Å². The van der Waals surface area contributed by atoms with Gasteiger partial charge < -0.3 is 9.47 Å². The van der Waals surface area contributed by atoms with Crippen molar-refractivity contribution in [2.75, 3.05) is 13.7 Å². The van der Waals surface area contributed by atoms with Crippen LogP contribution in [-0.2, 0) is 26.9 Å². The minimum atomic E-state index is -4.62. The fourth-order valence-electron chi connectivity index (χ4n) is 5.54. The highest BCUT2D eigenvalue weighted by Gasteiger charge is 2.52. The quantitative estimate of drug-likeness (QED) is 0.501. The molecule has 0 spiro atoms. The van der Waals surface area contributed by atoms with Gasteiger partial charge in [0.05, 0.1) is 30.2 Å². The predicted octanol–water partition coefficient (Wildman–Crippen LogP) is 5.88. The molecule has 0 amide bonds. The van der Waals surface area contributed by atoms with Gasteiger partial charge >= 0.3 is 18.1 Å². The fourth-order valence-corrected chi connectivity index (χ4v) is 5.54. The Morgan fingerprint density at radius 2 is 1.73 bits per heavy atom. The minimum absolute atomic E-state index is 0.0115. The standard InChI is InChI=1S/C25H28F3NO4/c1-3-33-21(30)20-15-18(25(26,27)28)17-14-16(4-5-19(17)29-20)6-7-23-8-11-24(12-9-23,13-10-23)22(31)32-2/h4-5,14-15H,3,6-13H2,1-2H3. The lowest BCUT2D eigenvalue weighted by molar-refractivity contribution is -0.163. The Balaban J connectivity index is 1.56. The van der Waals surface area contributed by atoms with E-state index in [1.165, 1.54) is 7.11 Å². The van der Waals surface area contributed by atoms with E-state index in [1.54, 1.807) is 25.1 Å². The van der Waals surface area contributed by atoms with Crippen molar-refractivity contribution in [2.45, 2.75) is 64.5 Å². The molecule has 3 fully saturated rings. The number of hydrogen-bond donors (Lipinski definition) is 0. The second kappa shape index (κ2) is 8.61. The van der Waals surface area contributed by atoms with Crippen LogP contribution in [0.4, 0.5) is 13.2 Å². The van der Waals surface area contributed by atoms with Gasteiger partial charge in [-0.25, -0.2) is 9.78 Å². The maximum absolute atomic E-state index is 13.8. The highest BCUT2D eigenvalue weighted by atomic mass is 19.4. The summed E-state index contributed by atoms with van der Waals surface area (Å²) in [7, 11) is 1.44. The molecule has 1 aromatic carbocycles. The van der Waals surface area contributed by atoms with Crippen molar-refractivity contribution in [2.24, 2.45) is 10.8 Å². The van der Waals surface area contributed by atoms with Gasteiger partial charge in [-0.2, -0.15) is 13.2 Å². The van der Waals surface area contributed by atoms with Crippen molar-refractivity contribution in [3.63, 3.8) is 0 Å². The highest BCUT2D eigenvalue weighted by Crippen LogP contribution is 2.59. The van der Waals surface area contributed by atoms with Crippen LogP contribution in [0.5, 0.6) is 0 Å². The Kier molecular flexibility index (Phi) is 6.14. The zero-order valence-corrected chi connectivity index (χ0v) is 18.9. The molecular weight excluding hydrogens is 435 g/mol. The Morgan fingerprint density at radius 1 is 1.06 bits per heavy atom. The summed E-state index contributed by atoms with van der Waals surface area (Å²) in [5.41, 5.74) is -0.514. The van der Waals surface area contributed by atoms with Crippen LogP contribution in [-0.4, -0.2) is 30.6 Å². The number of esters is 2. The third kappa shape index (κ3) is 4.44. The molecule has 1 heterocycles. The van der Waals surface area contributed by atoms with Gasteiger partial charge in [-0.15, -0.1) is 0 Å². The van der Waals surface area contributed by atoms with Gasteiger partial charge in [0.15, 0.2) is 0 Å². The topological polar surface area (TPSA) is 65.5 Å². The maximum atomic E-state index is 13.8. The number of ether oxygens (including phenoxy) is 2. The lowest BCUT2D eigenvalue weighted by Gasteiger charge is -2.52. The summed E-state index contributed by atoms with van der Waals surface area (Å²) in [6.45, 7) is 1.64. The normalized spacial score (nSPS) is 24.6. The smallest absolute Gasteiger partial charge is 0.417 e. The Bertz CT molecular complexity index is 1050. The van der Waals surface area contributed by atoms with Crippen molar-refractivity contribution < 1.29 is 32.2 Å². The van der Waals surface area contributed by atoms with E-state index in [0.717, 1.165) is 56.6 Å². The third-order valence-corrected chi connectivity index (χ3v) is 7.63. The molecule has 0 unspecified atom stereocenters. The van der Waals surface area contributed by atoms with Crippen LogP contribution in [0.15, 0.2) is 24.3 Å². The zero-order valence-electron chi connectivity index (χ0n) is 18.9. The molecule has 8 heteroatoms. The van der Waals surface area contributed by atoms with Crippen molar-refractivity contribution >= 4 is 22.8 Å². The van der Waals surface area contributed by atoms with Gasteiger partial charge in [-0.3, -0.25) is 4.79 Å². The number of aryl methyl sites for hydroxylation is 1. The molecule has 0 N–H and O–H groups in total. The first kappa shape index (κ1) is 23.5. The molecule has 2 bridgehead atoms. The maximum Gasteiger partial charge on any atom is 0.417 e. The average Bonchev–Trinajstić information content (AvgIpc) is 2.82. The van der Waals surface area contributed by atoms with Gasteiger partial charge in [0.1, 0.15) is 5.69 Å². The van der Waals surface area contributed by atoms with Crippen LogP contribution < -0.4 is 0 Å². The molecule has 33 heavy (non-hydrogen) atoms. The number of benzene rings is 1.